The fourth-order valence-corrected chi connectivity index (χ4v) is 9.03. The Morgan fingerprint density at radius 2 is 0.906 bits per heavy atom. The molecule has 0 radical (unpaired) electrons. The Morgan fingerprint density at radius 1 is 0.547 bits per heavy atom. The molecule has 3 atom stereocenters. The first kappa shape index (κ1) is 63.0. The lowest BCUT2D eigenvalue weighted by atomic mass is 10.0. The van der Waals surface area contributed by atoms with Gasteiger partial charge in [-0.3, -0.25) is 9.36 Å². The zero-order valence-corrected chi connectivity index (χ0v) is 44.1. The molecule has 64 heavy (non-hydrogen) atoms. The number of aliphatic hydroxyl groups excluding tert-OH is 1. The van der Waals surface area contributed by atoms with Gasteiger partial charge in [-0.2, -0.15) is 0 Å². The van der Waals surface area contributed by atoms with E-state index in [-0.39, 0.29) is 19.1 Å². The standard InChI is InChI=1S/C55H109N2O6P/c1-6-8-10-12-14-16-17-18-19-20-21-22-23-24-25-26-27-28-29-30-31-32-33-34-35-36-37-38-39-41-43-45-47-49-55(59)56-53(52-63-64(60,61)62-51-50-57(3,4)5)54(58)48-46-44-42-40-15-13-11-9-7-2/h17-18,20-21,53-54,58H,6-16,19,22-52H2,1-5H3,(H-,56,59,60,61)/b18-17-,21-20-. The molecular formula is C55H109N2O6P. The number of rotatable bonds is 51. The third-order valence-electron chi connectivity index (χ3n) is 12.7. The van der Waals surface area contributed by atoms with Crippen LogP contribution in [0, 0.1) is 0 Å². The minimum atomic E-state index is -4.56. The maximum atomic E-state index is 12.9. The van der Waals surface area contributed by atoms with Gasteiger partial charge in [0.15, 0.2) is 0 Å². The molecule has 0 rings (SSSR count). The van der Waals surface area contributed by atoms with Crippen molar-refractivity contribution in [2.45, 2.75) is 283 Å². The van der Waals surface area contributed by atoms with Gasteiger partial charge in [0.25, 0.3) is 7.82 Å². The first-order valence-electron chi connectivity index (χ1n) is 27.7. The molecule has 0 aromatic carbocycles. The molecule has 0 saturated carbocycles. The number of phosphoric ester groups is 1. The Hall–Kier alpha value is -1.02. The van der Waals surface area contributed by atoms with Crippen LogP contribution in [0.25, 0.3) is 0 Å². The number of unbranched alkanes of at least 4 members (excludes halogenated alkanes) is 34. The van der Waals surface area contributed by atoms with Crippen LogP contribution in [-0.4, -0.2) is 68.5 Å². The molecule has 2 N–H and O–H groups in total. The first-order valence-corrected chi connectivity index (χ1v) is 29.1. The number of carbonyl (C=O) groups is 1. The van der Waals surface area contributed by atoms with Crippen molar-refractivity contribution in [1.82, 2.24) is 5.32 Å². The Labute approximate surface area is 398 Å². The summed E-state index contributed by atoms with van der Waals surface area (Å²) in [5.74, 6) is -0.163. The molecule has 0 aromatic heterocycles. The number of aliphatic hydroxyl groups is 1. The number of hydrogen-bond acceptors (Lipinski definition) is 6. The van der Waals surface area contributed by atoms with Gasteiger partial charge >= 0.3 is 0 Å². The Morgan fingerprint density at radius 3 is 1.30 bits per heavy atom. The first-order chi connectivity index (χ1) is 31.0. The zero-order valence-electron chi connectivity index (χ0n) is 43.3. The van der Waals surface area contributed by atoms with E-state index in [0.717, 1.165) is 44.9 Å². The van der Waals surface area contributed by atoms with Crippen LogP contribution in [0.5, 0.6) is 0 Å². The number of carbonyl (C=O) groups excluding carboxylic acids is 1. The predicted octanol–water partition coefficient (Wildman–Crippen LogP) is 15.8. The van der Waals surface area contributed by atoms with Crippen LogP contribution < -0.4 is 10.2 Å². The summed E-state index contributed by atoms with van der Waals surface area (Å²) in [5, 5.41) is 13.9. The maximum Gasteiger partial charge on any atom is 0.268 e. The highest BCUT2D eigenvalue weighted by atomic mass is 31.2. The number of quaternary nitrogens is 1. The van der Waals surface area contributed by atoms with E-state index < -0.39 is 20.0 Å². The van der Waals surface area contributed by atoms with Crippen LogP contribution in [-0.2, 0) is 18.4 Å². The largest absolute Gasteiger partial charge is 0.756 e. The third-order valence-corrected chi connectivity index (χ3v) is 13.7. The van der Waals surface area contributed by atoms with E-state index in [1.165, 1.54) is 199 Å². The smallest absolute Gasteiger partial charge is 0.268 e. The van der Waals surface area contributed by atoms with Gasteiger partial charge in [0.2, 0.25) is 5.91 Å². The summed E-state index contributed by atoms with van der Waals surface area (Å²) in [6, 6.07) is -0.795. The van der Waals surface area contributed by atoms with Crippen LogP contribution in [0.1, 0.15) is 271 Å². The molecule has 0 spiro atoms. The number of allylic oxidation sites excluding steroid dienone is 4. The van der Waals surface area contributed by atoms with Gasteiger partial charge in [-0.25, -0.2) is 0 Å². The average Bonchev–Trinajstić information content (AvgIpc) is 3.25. The molecule has 8 nitrogen and oxygen atoms in total. The molecule has 9 heteroatoms. The fraction of sp³-hybridized carbons (Fsp3) is 0.909. The molecule has 0 heterocycles. The summed E-state index contributed by atoms with van der Waals surface area (Å²) in [6.07, 6.45) is 58.1. The lowest BCUT2D eigenvalue weighted by Gasteiger charge is -2.30. The lowest BCUT2D eigenvalue weighted by molar-refractivity contribution is -0.870. The number of amides is 1. The van der Waals surface area contributed by atoms with Crippen molar-refractivity contribution in [2.75, 3.05) is 40.9 Å². The summed E-state index contributed by atoms with van der Waals surface area (Å²) >= 11 is 0. The minimum absolute atomic E-state index is 0.0142. The van der Waals surface area contributed by atoms with Gasteiger partial charge in [0.1, 0.15) is 13.2 Å². The highest BCUT2D eigenvalue weighted by molar-refractivity contribution is 7.45. The summed E-state index contributed by atoms with van der Waals surface area (Å²) in [4.78, 5) is 25.4. The van der Waals surface area contributed by atoms with Crippen molar-refractivity contribution >= 4 is 13.7 Å². The number of nitrogens with zero attached hydrogens (tertiary/aromatic N) is 1. The number of hydrogen-bond donors (Lipinski definition) is 2. The van der Waals surface area contributed by atoms with Crippen molar-refractivity contribution in [3.05, 3.63) is 24.3 Å². The molecular weight excluding hydrogens is 816 g/mol. The molecule has 0 aliphatic heterocycles. The van der Waals surface area contributed by atoms with Crippen LogP contribution in [0.15, 0.2) is 24.3 Å². The van der Waals surface area contributed by atoms with Gasteiger partial charge in [0, 0.05) is 6.42 Å². The Kier molecular flexibility index (Phi) is 46.3. The van der Waals surface area contributed by atoms with Gasteiger partial charge in [0.05, 0.1) is 39.9 Å². The normalized spacial score (nSPS) is 14.2. The van der Waals surface area contributed by atoms with E-state index in [1.54, 1.807) is 0 Å². The Balaban J connectivity index is 3.88. The highest BCUT2D eigenvalue weighted by Gasteiger charge is 2.24. The molecule has 3 unspecified atom stereocenters. The zero-order chi connectivity index (χ0) is 47.1. The van der Waals surface area contributed by atoms with Crippen LogP contribution >= 0.6 is 7.82 Å². The molecule has 0 saturated heterocycles. The van der Waals surface area contributed by atoms with E-state index in [4.69, 9.17) is 9.05 Å². The van der Waals surface area contributed by atoms with E-state index >= 15 is 0 Å². The summed E-state index contributed by atoms with van der Waals surface area (Å²) in [5.41, 5.74) is 0. The second-order valence-electron chi connectivity index (χ2n) is 20.3. The fourth-order valence-electron chi connectivity index (χ4n) is 8.31. The second-order valence-corrected chi connectivity index (χ2v) is 21.7. The van der Waals surface area contributed by atoms with Crippen LogP contribution in [0.2, 0.25) is 0 Å². The molecule has 0 aromatic rings. The molecule has 0 aliphatic rings. The summed E-state index contributed by atoms with van der Waals surface area (Å²) in [6.45, 7) is 4.70. The van der Waals surface area contributed by atoms with E-state index in [0.29, 0.717) is 23.9 Å². The molecule has 1 amide bonds. The summed E-state index contributed by atoms with van der Waals surface area (Å²) in [7, 11) is 1.31. The average molecular weight is 925 g/mol. The van der Waals surface area contributed by atoms with Gasteiger partial charge in [-0.05, 0) is 44.9 Å². The highest BCUT2D eigenvalue weighted by Crippen LogP contribution is 2.38. The summed E-state index contributed by atoms with van der Waals surface area (Å²) < 4.78 is 23.3. The SMILES string of the molecule is CCCCCCC/C=C\C/C=C\CCCCCCCCCCCCCCCCCCCCCCCC(=O)NC(COP(=O)([O-])OCC[N+](C)(C)C)C(O)CCCCCCCCCCC. The molecule has 380 valence electrons. The number of likely N-dealkylation sites (N-methyl/N-ethyl adjacent to an activating group) is 1. The third kappa shape index (κ3) is 48.9. The number of nitrogens with one attached hydrogen (secondary N) is 1. The predicted molar refractivity (Wildman–Crippen MR) is 275 cm³/mol. The molecule has 0 fully saturated rings. The van der Waals surface area contributed by atoms with Gasteiger partial charge in [-0.1, -0.05) is 244 Å². The maximum absolute atomic E-state index is 12.9. The van der Waals surface area contributed by atoms with Crippen molar-refractivity contribution in [3.63, 3.8) is 0 Å². The van der Waals surface area contributed by atoms with Crippen molar-refractivity contribution in [2.24, 2.45) is 0 Å². The topological polar surface area (TPSA) is 108 Å². The van der Waals surface area contributed by atoms with Gasteiger partial charge < -0.3 is 28.8 Å². The van der Waals surface area contributed by atoms with Crippen molar-refractivity contribution in [3.8, 4) is 0 Å². The van der Waals surface area contributed by atoms with Crippen LogP contribution in [0.4, 0.5) is 0 Å². The van der Waals surface area contributed by atoms with Crippen LogP contribution in [0.3, 0.4) is 0 Å². The van der Waals surface area contributed by atoms with E-state index in [2.05, 4.69) is 43.5 Å². The van der Waals surface area contributed by atoms with E-state index in [9.17, 15) is 19.4 Å². The number of phosphoric acid groups is 1. The van der Waals surface area contributed by atoms with Crippen molar-refractivity contribution in [1.29, 1.82) is 0 Å². The molecule has 0 aliphatic carbocycles. The monoisotopic (exact) mass is 925 g/mol. The quantitative estimate of drug-likeness (QED) is 0.0272. The molecule has 0 bridgehead atoms. The Bertz CT molecular complexity index is 1090. The van der Waals surface area contributed by atoms with E-state index in [1.807, 2.05) is 21.1 Å². The second kappa shape index (κ2) is 47.1. The van der Waals surface area contributed by atoms with Crippen molar-refractivity contribution < 1.29 is 32.9 Å². The minimum Gasteiger partial charge on any atom is -0.756 e. The lowest BCUT2D eigenvalue weighted by Crippen LogP contribution is -2.46. The van der Waals surface area contributed by atoms with Gasteiger partial charge in [-0.15, -0.1) is 0 Å².